The summed E-state index contributed by atoms with van der Waals surface area (Å²) in [4.78, 5) is 27.1. The highest BCUT2D eigenvalue weighted by Crippen LogP contribution is 2.29. The monoisotopic (exact) mass is 607 g/mol. The van der Waals surface area contributed by atoms with Gasteiger partial charge in [0.05, 0.1) is 15.5 Å². The average molecular weight is 607 g/mol. The minimum absolute atomic E-state index is 0.0314. The molecule has 172 valence electrons. The summed E-state index contributed by atoms with van der Waals surface area (Å²) < 4.78 is 31.3. The number of aliphatic imine (C=N–C) groups is 1. The Hall–Kier alpha value is -3.23. The Morgan fingerprint density at radius 1 is 1.06 bits per heavy atom. The SMILES string of the molecule is O=C1NC(=Nc2ccc(I)cc2)S/C1=C/c1cccc(OS(=O)(=O)c2ccc([N+](=O)[O-])cc2)c1. The van der Waals surface area contributed by atoms with Gasteiger partial charge in [0, 0.05) is 15.7 Å². The second kappa shape index (κ2) is 9.95. The van der Waals surface area contributed by atoms with E-state index in [-0.39, 0.29) is 22.2 Å². The predicted molar refractivity (Wildman–Crippen MR) is 137 cm³/mol. The number of nitro groups is 1. The Labute approximate surface area is 212 Å². The summed E-state index contributed by atoms with van der Waals surface area (Å²) in [5.74, 6) is -0.289. The fourth-order valence-corrected chi connectivity index (χ4v) is 4.95. The molecule has 0 radical (unpaired) electrons. The van der Waals surface area contributed by atoms with Gasteiger partial charge in [-0.1, -0.05) is 12.1 Å². The first-order valence-corrected chi connectivity index (χ1v) is 12.8. The van der Waals surface area contributed by atoms with Crippen LogP contribution >= 0.6 is 34.4 Å². The third kappa shape index (κ3) is 5.81. The van der Waals surface area contributed by atoms with E-state index >= 15 is 0 Å². The Morgan fingerprint density at radius 3 is 2.44 bits per heavy atom. The maximum absolute atomic E-state index is 12.5. The molecule has 12 heteroatoms. The molecule has 1 fully saturated rings. The second-order valence-corrected chi connectivity index (χ2v) is 10.6. The molecule has 1 N–H and O–H groups in total. The van der Waals surface area contributed by atoms with E-state index in [2.05, 4.69) is 32.9 Å². The van der Waals surface area contributed by atoms with Gasteiger partial charge in [0.15, 0.2) is 5.17 Å². The largest absolute Gasteiger partial charge is 0.379 e. The zero-order valence-electron chi connectivity index (χ0n) is 17.0. The molecule has 1 heterocycles. The molecule has 1 aliphatic heterocycles. The Bertz CT molecular complexity index is 1440. The summed E-state index contributed by atoms with van der Waals surface area (Å²) in [5, 5.41) is 13.9. The molecule has 0 aliphatic carbocycles. The number of nitrogens with one attached hydrogen (secondary N) is 1. The first kappa shape index (κ1) is 23.9. The number of hydrogen-bond acceptors (Lipinski definition) is 8. The lowest BCUT2D eigenvalue weighted by Gasteiger charge is -2.07. The zero-order valence-corrected chi connectivity index (χ0v) is 20.8. The third-order valence-corrected chi connectivity index (χ3v) is 7.30. The van der Waals surface area contributed by atoms with Crippen LogP contribution in [0.15, 0.2) is 87.6 Å². The van der Waals surface area contributed by atoms with Crippen LogP contribution < -0.4 is 9.50 Å². The highest BCUT2D eigenvalue weighted by Gasteiger charge is 2.24. The first-order chi connectivity index (χ1) is 16.2. The van der Waals surface area contributed by atoms with Crippen LogP contribution in [0.25, 0.3) is 6.08 Å². The molecule has 34 heavy (non-hydrogen) atoms. The van der Waals surface area contributed by atoms with Gasteiger partial charge in [-0.2, -0.15) is 8.42 Å². The van der Waals surface area contributed by atoms with Crippen molar-refractivity contribution in [2.24, 2.45) is 4.99 Å². The molecular formula is C22H14IN3O6S2. The molecule has 0 atom stereocenters. The number of rotatable bonds is 6. The lowest BCUT2D eigenvalue weighted by molar-refractivity contribution is -0.384. The maximum Gasteiger partial charge on any atom is 0.339 e. The van der Waals surface area contributed by atoms with Crippen LogP contribution in [-0.4, -0.2) is 24.4 Å². The number of amidine groups is 1. The second-order valence-electron chi connectivity index (χ2n) is 6.82. The lowest BCUT2D eigenvalue weighted by Crippen LogP contribution is -2.19. The maximum atomic E-state index is 12.5. The van der Waals surface area contributed by atoms with Crippen LogP contribution in [0.2, 0.25) is 0 Å². The van der Waals surface area contributed by atoms with Crippen LogP contribution in [-0.2, 0) is 14.9 Å². The van der Waals surface area contributed by atoms with Gasteiger partial charge in [0.25, 0.3) is 11.6 Å². The van der Waals surface area contributed by atoms with Crippen molar-refractivity contribution >= 4 is 73.0 Å². The van der Waals surface area contributed by atoms with Crippen molar-refractivity contribution in [3.05, 3.63) is 96.9 Å². The third-order valence-electron chi connectivity index (χ3n) is 4.41. The molecule has 1 aliphatic rings. The lowest BCUT2D eigenvalue weighted by atomic mass is 10.2. The Kier molecular flexibility index (Phi) is 7.00. The van der Waals surface area contributed by atoms with Gasteiger partial charge in [0.2, 0.25) is 0 Å². The highest BCUT2D eigenvalue weighted by atomic mass is 127. The van der Waals surface area contributed by atoms with Crippen molar-refractivity contribution in [3.8, 4) is 5.75 Å². The van der Waals surface area contributed by atoms with E-state index in [1.165, 1.54) is 23.9 Å². The van der Waals surface area contributed by atoms with E-state index in [4.69, 9.17) is 4.18 Å². The van der Waals surface area contributed by atoms with Gasteiger partial charge >= 0.3 is 10.1 Å². The molecule has 9 nitrogen and oxygen atoms in total. The molecule has 0 bridgehead atoms. The molecule has 3 aromatic carbocycles. The number of carbonyl (C=O) groups excluding carboxylic acids is 1. The van der Waals surface area contributed by atoms with Gasteiger partial charge in [-0.15, -0.1) is 0 Å². The number of nitro benzene ring substituents is 1. The number of non-ortho nitro benzene ring substituents is 1. The number of hydrogen-bond donors (Lipinski definition) is 1. The molecule has 4 rings (SSSR count). The van der Waals surface area contributed by atoms with Crippen molar-refractivity contribution in [3.63, 3.8) is 0 Å². The fourth-order valence-electron chi connectivity index (χ4n) is 2.83. The normalized spacial score (nSPS) is 16.0. The quantitative estimate of drug-likeness (QED) is 0.139. The number of halogens is 1. The van der Waals surface area contributed by atoms with Crippen LogP contribution in [0.5, 0.6) is 5.75 Å². The summed E-state index contributed by atoms with van der Waals surface area (Å²) in [7, 11) is -4.20. The van der Waals surface area contributed by atoms with Gasteiger partial charge in [0.1, 0.15) is 10.6 Å². The van der Waals surface area contributed by atoms with Gasteiger partial charge in [-0.05, 0) is 94.5 Å². The Balaban J connectivity index is 1.51. The van der Waals surface area contributed by atoms with E-state index < -0.39 is 15.0 Å². The number of nitrogens with zero attached hydrogens (tertiary/aromatic N) is 2. The van der Waals surface area contributed by atoms with Crippen molar-refractivity contribution in [2.75, 3.05) is 0 Å². The minimum Gasteiger partial charge on any atom is -0.379 e. The molecule has 1 amide bonds. The van der Waals surface area contributed by atoms with Crippen molar-refractivity contribution in [1.29, 1.82) is 0 Å². The predicted octanol–water partition coefficient (Wildman–Crippen LogP) is 4.86. The van der Waals surface area contributed by atoms with E-state index in [9.17, 15) is 23.3 Å². The van der Waals surface area contributed by atoms with Crippen molar-refractivity contribution in [1.82, 2.24) is 5.32 Å². The van der Waals surface area contributed by atoms with E-state index in [1.54, 1.807) is 18.2 Å². The van der Waals surface area contributed by atoms with Crippen molar-refractivity contribution < 1.29 is 22.3 Å². The number of benzene rings is 3. The van der Waals surface area contributed by atoms with E-state index in [1.807, 2.05) is 24.3 Å². The molecule has 0 saturated carbocycles. The smallest absolute Gasteiger partial charge is 0.339 e. The van der Waals surface area contributed by atoms with Crippen LogP contribution in [0.1, 0.15) is 5.56 Å². The summed E-state index contributed by atoms with van der Waals surface area (Å²) in [6.07, 6.45) is 1.60. The highest BCUT2D eigenvalue weighted by molar-refractivity contribution is 14.1. The van der Waals surface area contributed by atoms with Crippen LogP contribution in [0.3, 0.4) is 0 Å². The summed E-state index contributed by atoms with van der Waals surface area (Å²) in [5.41, 5.74) is 1.02. The topological polar surface area (TPSA) is 128 Å². The number of amides is 1. The minimum atomic E-state index is -4.20. The standard InChI is InChI=1S/C22H14IN3O6S2/c23-15-4-6-16(7-5-15)24-22-25-21(27)20(33-22)13-14-2-1-3-18(12-14)32-34(30,31)19-10-8-17(9-11-19)26(28)29/h1-13H,(H,24,25,27)/b20-13+. The number of thioether (sulfide) groups is 1. The first-order valence-electron chi connectivity index (χ1n) is 9.54. The van der Waals surface area contributed by atoms with Gasteiger partial charge in [-0.3, -0.25) is 14.9 Å². The van der Waals surface area contributed by atoms with E-state index in [0.717, 1.165) is 27.8 Å². The number of carbonyl (C=O) groups is 1. The fraction of sp³-hybridized carbons (Fsp3) is 0. The van der Waals surface area contributed by atoms with Crippen molar-refractivity contribution in [2.45, 2.75) is 4.90 Å². The van der Waals surface area contributed by atoms with E-state index in [0.29, 0.717) is 21.3 Å². The zero-order chi connectivity index (χ0) is 24.3. The van der Waals surface area contributed by atoms with Gasteiger partial charge < -0.3 is 9.50 Å². The average Bonchev–Trinajstić information content (AvgIpc) is 3.13. The molecule has 0 spiro atoms. The molecule has 3 aromatic rings. The molecule has 0 aromatic heterocycles. The molecule has 1 saturated heterocycles. The van der Waals surface area contributed by atoms with Gasteiger partial charge in [-0.25, -0.2) is 4.99 Å². The molecular weight excluding hydrogens is 593 g/mol. The Morgan fingerprint density at radius 2 is 1.76 bits per heavy atom. The molecule has 0 unspecified atom stereocenters. The summed E-state index contributed by atoms with van der Waals surface area (Å²) in [6.45, 7) is 0. The summed E-state index contributed by atoms with van der Waals surface area (Å²) >= 11 is 3.36. The van der Waals surface area contributed by atoms with Crippen LogP contribution in [0, 0.1) is 13.7 Å². The van der Waals surface area contributed by atoms with Crippen LogP contribution in [0.4, 0.5) is 11.4 Å². The summed E-state index contributed by atoms with van der Waals surface area (Å²) in [6, 6.07) is 18.1.